The second-order valence-electron chi connectivity index (χ2n) is 9.14. The fourth-order valence-corrected chi connectivity index (χ4v) is 5.40. The third kappa shape index (κ3) is 3.91. The van der Waals surface area contributed by atoms with Gasteiger partial charge in [-0.05, 0) is 55.2 Å². The number of rotatable bonds is 5. The first kappa shape index (κ1) is 21.6. The van der Waals surface area contributed by atoms with Crippen LogP contribution in [-0.4, -0.2) is 22.0 Å². The molecule has 0 amide bonds. The Morgan fingerprint density at radius 2 is 1.88 bits per heavy atom. The summed E-state index contributed by atoms with van der Waals surface area (Å²) in [5.41, 5.74) is 10.4. The number of nitrogens with two attached hydrogens (primary N) is 1. The molecule has 0 radical (unpaired) electrons. The first-order chi connectivity index (χ1) is 16.0. The number of fused-ring (bicyclic) bond motifs is 2. The molecule has 1 aromatic heterocycles. The predicted octanol–water partition coefficient (Wildman–Crippen LogP) is 5.43. The average Bonchev–Trinajstić information content (AvgIpc) is 3.11. The summed E-state index contributed by atoms with van der Waals surface area (Å²) in [4.78, 5) is 10.8. The Hall–Kier alpha value is -3.19. The van der Waals surface area contributed by atoms with E-state index in [2.05, 4.69) is 38.4 Å². The highest BCUT2D eigenvalue weighted by Crippen LogP contribution is 2.51. The summed E-state index contributed by atoms with van der Waals surface area (Å²) in [6, 6.07) is 11.9. The van der Waals surface area contributed by atoms with E-state index in [0.717, 1.165) is 54.7 Å². The number of nitrogens with zero attached hydrogens (tertiary/aromatic N) is 3. The summed E-state index contributed by atoms with van der Waals surface area (Å²) in [6.07, 6.45) is 7.04. The fourth-order valence-electron chi connectivity index (χ4n) is 5.40. The Labute approximate surface area is 194 Å². The van der Waals surface area contributed by atoms with E-state index in [-0.39, 0.29) is 11.4 Å². The minimum atomic E-state index is -0.170. The van der Waals surface area contributed by atoms with Crippen LogP contribution >= 0.6 is 0 Å². The Kier molecular flexibility index (Phi) is 5.66. The van der Waals surface area contributed by atoms with E-state index in [1.807, 2.05) is 19.1 Å². The molecule has 3 N–H and O–H groups in total. The third-order valence-corrected chi connectivity index (χ3v) is 7.25. The molecule has 1 fully saturated rings. The van der Waals surface area contributed by atoms with Gasteiger partial charge in [0.15, 0.2) is 0 Å². The number of ether oxygens (including phenoxy) is 1. The summed E-state index contributed by atoms with van der Waals surface area (Å²) in [5, 5.41) is 3.28. The average molecular weight is 448 g/mol. The van der Waals surface area contributed by atoms with E-state index in [0.29, 0.717) is 23.9 Å². The molecule has 2 aliphatic rings. The molecule has 1 aliphatic carbocycles. The molecular formula is C26H30FN5O. The van der Waals surface area contributed by atoms with Gasteiger partial charge in [0.2, 0.25) is 0 Å². The van der Waals surface area contributed by atoms with Gasteiger partial charge in [-0.15, -0.1) is 0 Å². The second-order valence-corrected chi connectivity index (χ2v) is 9.14. The molecule has 2 aromatic carbocycles. The van der Waals surface area contributed by atoms with Gasteiger partial charge in [-0.3, -0.25) is 4.90 Å². The van der Waals surface area contributed by atoms with Crippen molar-refractivity contribution in [2.45, 2.75) is 57.7 Å². The molecule has 3 aromatic rings. The molecule has 5 rings (SSSR count). The van der Waals surface area contributed by atoms with Crippen LogP contribution in [0.2, 0.25) is 0 Å². The molecule has 1 saturated carbocycles. The van der Waals surface area contributed by atoms with Crippen LogP contribution in [0.15, 0.2) is 42.7 Å². The van der Waals surface area contributed by atoms with Crippen molar-refractivity contribution in [2.75, 3.05) is 18.2 Å². The molecule has 0 atom stereocenters. The molecule has 1 aliphatic heterocycles. The number of nitrogen functional groups attached to an aromatic ring is 1. The lowest BCUT2D eigenvalue weighted by atomic mass is 9.76. The topological polar surface area (TPSA) is 76.3 Å². The first-order valence-corrected chi connectivity index (χ1v) is 11.5. The number of hydrogen-bond donors (Lipinski definition) is 2. The maximum atomic E-state index is 15.4. The fraction of sp³-hybridized carbons (Fsp3) is 0.385. The maximum Gasteiger partial charge on any atom is 0.138 e. The van der Waals surface area contributed by atoms with Crippen LogP contribution < -0.4 is 15.8 Å². The molecule has 7 heteroatoms. The molecule has 0 saturated heterocycles. The highest BCUT2D eigenvalue weighted by Gasteiger charge is 2.46. The van der Waals surface area contributed by atoms with Gasteiger partial charge in [-0.2, -0.15) is 0 Å². The van der Waals surface area contributed by atoms with E-state index in [4.69, 9.17) is 10.5 Å². The summed E-state index contributed by atoms with van der Waals surface area (Å²) < 4.78 is 20.7. The smallest absolute Gasteiger partial charge is 0.138 e. The van der Waals surface area contributed by atoms with Gasteiger partial charge in [0.05, 0.1) is 7.11 Å². The molecule has 0 unspecified atom stereocenters. The first-order valence-electron chi connectivity index (χ1n) is 11.5. The molecule has 172 valence electrons. The number of hydrogen-bond acceptors (Lipinski definition) is 6. The Morgan fingerprint density at radius 1 is 1.12 bits per heavy atom. The summed E-state index contributed by atoms with van der Waals surface area (Å²) in [5.74, 6) is 1.70. The Balaban J connectivity index is 1.50. The standard InChI is InChI=1S/C26H30FN5O/c1-17-24(28)29-16-30-25(17)31-19-12-22-21(23(27)13-19)15-32(26(22)10-4-3-5-11-26)14-18-6-8-20(33-2)9-7-18/h6-9,12-13,16H,3-5,10-11,14-15H2,1-2H3,(H3,28,29,30,31). The Morgan fingerprint density at radius 3 is 2.61 bits per heavy atom. The third-order valence-electron chi connectivity index (χ3n) is 7.25. The van der Waals surface area contributed by atoms with Crippen molar-refractivity contribution in [1.82, 2.24) is 14.9 Å². The van der Waals surface area contributed by atoms with Crippen LogP contribution in [-0.2, 0) is 18.6 Å². The summed E-state index contributed by atoms with van der Waals surface area (Å²) in [7, 11) is 1.68. The van der Waals surface area contributed by atoms with Crippen molar-refractivity contribution >= 4 is 17.3 Å². The van der Waals surface area contributed by atoms with Crippen LogP contribution in [0.1, 0.15) is 54.4 Å². The lowest BCUT2D eigenvalue weighted by Crippen LogP contribution is -2.42. The lowest BCUT2D eigenvalue weighted by molar-refractivity contribution is 0.0536. The van der Waals surface area contributed by atoms with Gasteiger partial charge >= 0.3 is 0 Å². The zero-order valence-corrected chi connectivity index (χ0v) is 19.2. The van der Waals surface area contributed by atoms with Gasteiger partial charge in [-0.1, -0.05) is 31.4 Å². The number of aromatic nitrogens is 2. The van der Waals surface area contributed by atoms with Crippen LogP contribution in [0.4, 0.5) is 21.7 Å². The Bertz CT molecular complexity index is 1160. The molecule has 0 bridgehead atoms. The van der Waals surface area contributed by atoms with Crippen LogP contribution in [0.3, 0.4) is 0 Å². The van der Waals surface area contributed by atoms with Crippen molar-refractivity contribution in [2.24, 2.45) is 0 Å². The number of halogens is 1. The number of benzene rings is 2. The summed E-state index contributed by atoms with van der Waals surface area (Å²) in [6.45, 7) is 3.26. The quantitative estimate of drug-likeness (QED) is 0.543. The zero-order valence-electron chi connectivity index (χ0n) is 19.2. The van der Waals surface area contributed by atoms with Crippen molar-refractivity contribution in [1.29, 1.82) is 0 Å². The van der Waals surface area contributed by atoms with Crippen molar-refractivity contribution in [3.05, 3.63) is 70.8 Å². The second kappa shape index (κ2) is 8.63. The minimum Gasteiger partial charge on any atom is -0.497 e. The summed E-state index contributed by atoms with van der Waals surface area (Å²) >= 11 is 0. The molecule has 1 spiro atoms. The number of nitrogens with one attached hydrogen (secondary N) is 1. The van der Waals surface area contributed by atoms with Crippen LogP contribution in [0, 0.1) is 12.7 Å². The number of anilines is 3. The SMILES string of the molecule is COc1ccc(CN2Cc3c(F)cc(Nc4ncnc(N)c4C)cc3C23CCCCC3)cc1. The predicted molar refractivity (Wildman–Crippen MR) is 128 cm³/mol. The van der Waals surface area contributed by atoms with Gasteiger partial charge in [0.1, 0.15) is 29.5 Å². The van der Waals surface area contributed by atoms with E-state index in [9.17, 15) is 0 Å². The largest absolute Gasteiger partial charge is 0.497 e. The van der Waals surface area contributed by atoms with E-state index >= 15 is 4.39 Å². The van der Waals surface area contributed by atoms with Gasteiger partial charge in [0, 0.05) is 35.4 Å². The molecule has 6 nitrogen and oxygen atoms in total. The van der Waals surface area contributed by atoms with Crippen molar-refractivity contribution in [3.8, 4) is 5.75 Å². The highest BCUT2D eigenvalue weighted by atomic mass is 19.1. The van der Waals surface area contributed by atoms with Gasteiger partial charge in [0.25, 0.3) is 0 Å². The highest BCUT2D eigenvalue weighted by molar-refractivity contribution is 5.65. The lowest BCUT2D eigenvalue weighted by Gasteiger charge is -2.42. The van der Waals surface area contributed by atoms with Crippen molar-refractivity contribution in [3.63, 3.8) is 0 Å². The zero-order chi connectivity index (χ0) is 23.0. The van der Waals surface area contributed by atoms with Gasteiger partial charge < -0.3 is 15.8 Å². The molecule has 33 heavy (non-hydrogen) atoms. The molecular weight excluding hydrogens is 417 g/mol. The maximum absolute atomic E-state index is 15.4. The van der Waals surface area contributed by atoms with E-state index < -0.39 is 0 Å². The molecule has 2 heterocycles. The van der Waals surface area contributed by atoms with Crippen LogP contribution in [0.5, 0.6) is 5.75 Å². The van der Waals surface area contributed by atoms with E-state index in [1.54, 1.807) is 13.2 Å². The normalized spacial score (nSPS) is 17.2. The number of methoxy groups -OCH3 is 1. The minimum absolute atomic E-state index is 0.147. The monoisotopic (exact) mass is 447 g/mol. The van der Waals surface area contributed by atoms with Gasteiger partial charge in [-0.25, -0.2) is 14.4 Å². The van der Waals surface area contributed by atoms with Crippen LogP contribution in [0.25, 0.3) is 0 Å². The van der Waals surface area contributed by atoms with Crippen molar-refractivity contribution < 1.29 is 9.13 Å². The van der Waals surface area contributed by atoms with E-state index in [1.165, 1.54) is 18.3 Å².